The molecule has 98 valence electrons. The highest BCUT2D eigenvalue weighted by Gasteiger charge is 2.07. The molecule has 0 aromatic heterocycles. The molecule has 18 heavy (non-hydrogen) atoms. The lowest BCUT2D eigenvalue weighted by atomic mass is 10.1. The minimum atomic E-state index is -0.345. The van der Waals surface area contributed by atoms with Gasteiger partial charge < -0.3 is 15.8 Å². The van der Waals surface area contributed by atoms with E-state index in [4.69, 9.17) is 10.5 Å². The van der Waals surface area contributed by atoms with E-state index in [1.807, 2.05) is 0 Å². The molecule has 0 radical (unpaired) electrons. The highest BCUT2D eigenvalue weighted by Crippen LogP contribution is 2.19. The van der Waals surface area contributed by atoms with Crippen LogP contribution in [0.4, 0.5) is 4.39 Å². The van der Waals surface area contributed by atoms with E-state index in [1.165, 1.54) is 18.2 Å². The van der Waals surface area contributed by atoms with Crippen LogP contribution in [0.1, 0.15) is 5.56 Å². The third kappa shape index (κ3) is 4.55. The van der Waals surface area contributed by atoms with Crippen molar-refractivity contribution in [3.05, 3.63) is 42.2 Å². The molecule has 0 fully saturated rings. The van der Waals surface area contributed by atoms with Crippen molar-refractivity contribution in [1.82, 2.24) is 5.32 Å². The zero-order valence-corrected chi connectivity index (χ0v) is 10.1. The molecule has 4 nitrogen and oxygen atoms in total. The van der Waals surface area contributed by atoms with Gasteiger partial charge in [0.25, 0.3) is 5.91 Å². The largest absolute Gasteiger partial charge is 0.483 e. The van der Waals surface area contributed by atoms with Gasteiger partial charge >= 0.3 is 0 Å². The van der Waals surface area contributed by atoms with Crippen LogP contribution in [0.25, 0.3) is 0 Å². The second kappa shape index (κ2) is 7.45. The average Bonchev–Trinajstić information content (AvgIpc) is 2.36. The monoisotopic (exact) mass is 252 g/mol. The maximum absolute atomic E-state index is 13.0. The third-order valence-corrected chi connectivity index (χ3v) is 2.24. The highest BCUT2D eigenvalue weighted by molar-refractivity contribution is 5.77. The first kappa shape index (κ1) is 14.2. The second-order valence-electron chi connectivity index (χ2n) is 3.67. The Bertz CT molecular complexity index is 421. The first-order chi connectivity index (χ1) is 8.67. The Morgan fingerprint density at radius 1 is 1.56 bits per heavy atom. The lowest BCUT2D eigenvalue weighted by Gasteiger charge is -2.10. The molecular weight excluding hydrogens is 235 g/mol. The summed E-state index contributed by atoms with van der Waals surface area (Å²) < 4.78 is 18.4. The first-order valence-corrected chi connectivity index (χ1v) is 5.66. The Kier molecular flexibility index (Phi) is 5.87. The molecule has 1 rings (SSSR count). The van der Waals surface area contributed by atoms with E-state index in [0.717, 1.165) is 0 Å². The average molecular weight is 252 g/mol. The number of hydrogen-bond donors (Lipinski definition) is 2. The van der Waals surface area contributed by atoms with Crippen LogP contribution in [0.15, 0.2) is 30.9 Å². The molecule has 0 aliphatic rings. The Morgan fingerprint density at radius 2 is 2.33 bits per heavy atom. The third-order valence-electron chi connectivity index (χ3n) is 2.24. The van der Waals surface area contributed by atoms with Gasteiger partial charge in [-0.1, -0.05) is 6.08 Å². The van der Waals surface area contributed by atoms with Gasteiger partial charge in [-0.25, -0.2) is 4.39 Å². The van der Waals surface area contributed by atoms with Crippen molar-refractivity contribution in [2.45, 2.75) is 6.42 Å². The molecule has 0 unspecified atom stereocenters. The summed E-state index contributed by atoms with van der Waals surface area (Å²) in [7, 11) is 0. The summed E-state index contributed by atoms with van der Waals surface area (Å²) in [6.45, 7) is 4.16. The van der Waals surface area contributed by atoms with Crippen molar-refractivity contribution >= 4 is 5.91 Å². The van der Waals surface area contributed by atoms with Crippen LogP contribution < -0.4 is 15.8 Å². The van der Waals surface area contributed by atoms with Gasteiger partial charge in [0.15, 0.2) is 6.61 Å². The quantitative estimate of drug-likeness (QED) is 0.712. The predicted molar refractivity (Wildman–Crippen MR) is 67.9 cm³/mol. The number of nitrogens with one attached hydrogen (secondary N) is 1. The standard InChI is InChI=1S/C13H17FN2O2/c1-2-7-16-13(17)9-18-12-4-3-11(14)8-10(12)5-6-15/h2-4,8H,1,5-7,9,15H2,(H,16,17). The number of amides is 1. The van der Waals surface area contributed by atoms with Crippen LogP contribution in [0.2, 0.25) is 0 Å². The van der Waals surface area contributed by atoms with Gasteiger partial charge in [0, 0.05) is 6.54 Å². The molecule has 0 atom stereocenters. The molecular formula is C13H17FN2O2. The van der Waals surface area contributed by atoms with Crippen LogP contribution in [0.5, 0.6) is 5.75 Å². The fraction of sp³-hybridized carbons (Fsp3) is 0.308. The van der Waals surface area contributed by atoms with E-state index in [-0.39, 0.29) is 18.3 Å². The van der Waals surface area contributed by atoms with Gasteiger partial charge in [-0.05, 0) is 36.7 Å². The fourth-order valence-corrected chi connectivity index (χ4v) is 1.42. The molecule has 1 aromatic rings. The van der Waals surface area contributed by atoms with Crippen molar-refractivity contribution in [2.75, 3.05) is 19.7 Å². The molecule has 1 aromatic carbocycles. The van der Waals surface area contributed by atoms with Crippen LogP contribution in [0.3, 0.4) is 0 Å². The number of carbonyl (C=O) groups is 1. The van der Waals surface area contributed by atoms with Crippen molar-refractivity contribution in [3.63, 3.8) is 0 Å². The van der Waals surface area contributed by atoms with Gasteiger partial charge in [0.1, 0.15) is 11.6 Å². The van der Waals surface area contributed by atoms with E-state index in [2.05, 4.69) is 11.9 Å². The molecule has 0 spiro atoms. The summed E-state index contributed by atoms with van der Waals surface area (Å²) in [5.74, 6) is -0.115. The minimum Gasteiger partial charge on any atom is -0.483 e. The molecule has 0 aliphatic carbocycles. The van der Waals surface area contributed by atoms with Crippen LogP contribution in [-0.4, -0.2) is 25.6 Å². The van der Waals surface area contributed by atoms with Crippen LogP contribution in [0, 0.1) is 5.82 Å². The Hall–Kier alpha value is -1.88. The second-order valence-corrected chi connectivity index (χ2v) is 3.67. The molecule has 0 bridgehead atoms. The topological polar surface area (TPSA) is 64.3 Å². The highest BCUT2D eigenvalue weighted by atomic mass is 19.1. The lowest BCUT2D eigenvalue weighted by Crippen LogP contribution is -2.29. The van der Waals surface area contributed by atoms with E-state index in [9.17, 15) is 9.18 Å². The zero-order chi connectivity index (χ0) is 13.4. The number of ether oxygens (including phenoxy) is 1. The summed E-state index contributed by atoms with van der Waals surface area (Å²) in [6.07, 6.45) is 2.08. The summed E-state index contributed by atoms with van der Waals surface area (Å²) in [5.41, 5.74) is 6.09. The smallest absolute Gasteiger partial charge is 0.258 e. The van der Waals surface area contributed by atoms with E-state index < -0.39 is 0 Å². The molecule has 0 saturated carbocycles. The molecule has 0 aliphatic heterocycles. The van der Waals surface area contributed by atoms with Crippen molar-refractivity contribution in [1.29, 1.82) is 0 Å². The molecule has 5 heteroatoms. The molecule has 3 N–H and O–H groups in total. The number of carbonyl (C=O) groups excluding carboxylic acids is 1. The number of hydrogen-bond acceptors (Lipinski definition) is 3. The van der Waals surface area contributed by atoms with Gasteiger partial charge in [-0.2, -0.15) is 0 Å². The van der Waals surface area contributed by atoms with E-state index in [1.54, 1.807) is 6.08 Å². The summed E-state index contributed by atoms with van der Waals surface area (Å²) in [5, 5.41) is 2.58. The van der Waals surface area contributed by atoms with Gasteiger partial charge in [0.2, 0.25) is 0 Å². The van der Waals surface area contributed by atoms with E-state index in [0.29, 0.717) is 30.8 Å². The number of benzene rings is 1. The van der Waals surface area contributed by atoms with Gasteiger partial charge in [-0.15, -0.1) is 6.58 Å². The number of rotatable bonds is 7. The summed E-state index contributed by atoms with van der Waals surface area (Å²) >= 11 is 0. The van der Waals surface area contributed by atoms with E-state index >= 15 is 0 Å². The lowest BCUT2D eigenvalue weighted by molar-refractivity contribution is -0.122. The number of nitrogens with two attached hydrogens (primary N) is 1. The molecule has 0 heterocycles. The summed E-state index contributed by atoms with van der Waals surface area (Å²) in [4.78, 5) is 11.3. The SMILES string of the molecule is C=CCNC(=O)COc1ccc(F)cc1CCN. The zero-order valence-electron chi connectivity index (χ0n) is 10.1. The number of halogens is 1. The Balaban J connectivity index is 2.60. The predicted octanol–water partition coefficient (Wildman–Crippen LogP) is 1.01. The van der Waals surface area contributed by atoms with Gasteiger partial charge in [0.05, 0.1) is 0 Å². The van der Waals surface area contributed by atoms with Crippen LogP contribution >= 0.6 is 0 Å². The molecule has 1 amide bonds. The molecule has 0 saturated heterocycles. The van der Waals surface area contributed by atoms with Crippen molar-refractivity contribution < 1.29 is 13.9 Å². The normalized spacial score (nSPS) is 9.89. The van der Waals surface area contributed by atoms with Crippen LogP contribution in [-0.2, 0) is 11.2 Å². The van der Waals surface area contributed by atoms with Crippen molar-refractivity contribution in [2.24, 2.45) is 5.73 Å². The van der Waals surface area contributed by atoms with Gasteiger partial charge in [-0.3, -0.25) is 4.79 Å². The minimum absolute atomic E-state index is 0.114. The summed E-state index contributed by atoms with van der Waals surface area (Å²) in [6, 6.07) is 4.15. The fourth-order valence-electron chi connectivity index (χ4n) is 1.42. The Morgan fingerprint density at radius 3 is 3.00 bits per heavy atom. The van der Waals surface area contributed by atoms with Crippen molar-refractivity contribution in [3.8, 4) is 5.75 Å². The first-order valence-electron chi connectivity index (χ1n) is 5.66. The maximum Gasteiger partial charge on any atom is 0.258 e. The Labute approximate surface area is 106 Å². The maximum atomic E-state index is 13.0.